The molecule has 0 aliphatic heterocycles. The fourth-order valence-corrected chi connectivity index (χ4v) is 2.16. The zero-order valence-corrected chi connectivity index (χ0v) is 14.1. The lowest BCUT2D eigenvalue weighted by atomic mass is 9.97. The maximum atomic E-state index is 10.4. The summed E-state index contributed by atoms with van der Waals surface area (Å²) in [6.07, 6.45) is 3.33. The molecule has 0 bridgehead atoms. The van der Waals surface area contributed by atoms with E-state index in [2.05, 4.69) is 34.4 Å². The second-order valence-corrected chi connectivity index (χ2v) is 5.53. The summed E-state index contributed by atoms with van der Waals surface area (Å²) in [6.45, 7) is 11.5. The van der Waals surface area contributed by atoms with Gasteiger partial charge in [0.15, 0.2) is 0 Å². The predicted octanol–water partition coefficient (Wildman–Crippen LogP) is 3.13. The van der Waals surface area contributed by atoms with Crippen molar-refractivity contribution < 1.29 is 5.11 Å². The summed E-state index contributed by atoms with van der Waals surface area (Å²) in [4.78, 5) is 9.18. The van der Waals surface area contributed by atoms with Gasteiger partial charge in [0, 0.05) is 25.1 Å². The van der Waals surface area contributed by atoms with E-state index in [0.29, 0.717) is 6.54 Å². The highest BCUT2D eigenvalue weighted by Crippen LogP contribution is 2.22. The second kappa shape index (κ2) is 8.17. The molecule has 0 fully saturated rings. The van der Waals surface area contributed by atoms with E-state index in [1.54, 1.807) is 0 Å². The Morgan fingerprint density at radius 3 is 2.05 bits per heavy atom. The molecule has 0 spiro atoms. The molecule has 0 aliphatic carbocycles. The van der Waals surface area contributed by atoms with Crippen LogP contribution in [0.2, 0.25) is 0 Å². The molecule has 1 heterocycles. The van der Waals surface area contributed by atoms with Gasteiger partial charge in [0.1, 0.15) is 17.5 Å². The van der Waals surface area contributed by atoms with Crippen LogP contribution in [0, 0.1) is 6.92 Å². The minimum absolute atomic E-state index is 0.509. The summed E-state index contributed by atoms with van der Waals surface area (Å²) >= 11 is 0. The molecule has 0 amide bonds. The van der Waals surface area contributed by atoms with Gasteiger partial charge >= 0.3 is 0 Å². The molecule has 0 radical (unpaired) electrons. The Balaban J connectivity index is 2.98. The Morgan fingerprint density at radius 1 is 1.00 bits per heavy atom. The highest BCUT2D eigenvalue weighted by atomic mass is 16.3. The van der Waals surface area contributed by atoms with Crippen molar-refractivity contribution in [1.29, 1.82) is 0 Å². The molecule has 0 atom stereocenters. The van der Waals surface area contributed by atoms with Crippen molar-refractivity contribution in [1.82, 2.24) is 9.97 Å². The fourth-order valence-electron chi connectivity index (χ4n) is 2.16. The van der Waals surface area contributed by atoms with Crippen molar-refractivity contribution in [3.8, 4) is 0 Å². The van der Waals surface area contributed by atoms with Crippen LogP contribution >= 0.6 is 0 Å². The van der Waals surface area contributed by atoms with Gasteiger partial charge in [-0.15, -0.1) is 0 Å². The Morgan fingerprint density at radius 2 is 1.57 bits per heavy atom. The van der Waals surface area contributed by atoms with Gasteiger partial charge < -0.3 is 15.7 Å². The zero-order chi connectivity index (χ0) is 15.9. The Bertz CT molecular complexity index is 444. The monoisotopic (exact) mass is 294 g/mol. The number of aromatic nitrogens is 2. The number of nitrogens with one attached hydrogen (secondary N) is 2. The SMILES string of the molecule is CCCc1nc(NCC)c(C)c(NCC(O)(CC)CC)n1. The topological polar surface area (TPSA) is 70.1 Å². The summed E-state index contributed by atoms with van der Waals surface area (Å²) in [5, 5.41) is 17.0. The van der Waals surface area contributed by atoms with E-state index < -0.39 is 5.60 Å². The first-order chi connectivity index (χ1) is 9.99. The van der Waals surface area contributed by atoms with Gasteiger partial charge in [0.25, 0.3) is 0 Å². The quantitative estimate of drug-likeness (QED) is 0.653. The lowest BCUT2D eigenvalue weighted by molar-refractivity contribution is 0.0456. The Labute approximate surface area is 128 Å². The van der Waals surface area contributed by atoms with Crippen LogP contribution in [0.25, 0.3) is 0 Å². The van der Waals surface area contributed by atoms with Gasteiger partial charge in [0.2, 0.25) is 0 Å². The third-order valence-corrected chi connectivity index (χ3v) is 3.91. The summed E-state index contributed by atoms with van der Waals surface area (Å²) in [5.41, 5.74) is 0.326. The molecule has 0 aliphatic rings. The standard InChI is InChI=1S/C16H30N4O/c1-6-10-13-19-14(17-9-4)12(5)15(20-13)18-11-16(21,7-2)8-3/h21H,6-11H2,1-5H3,(H2,17,18,19,20). The molecular formula is C16H30N4O. The molecule has 120 valence electrons. The van der Waals surface area contributed by atoms with E-state index in [0.717, 1.165) is 55.3 Å². The highest BCUT2D eigenvalue weighted by Gasteiger charge is 2.22. The van der Waals surface area contributed by atoms with Crippen LogP contribution in [-0.2, 0) is 6.42 Å². The van der Waals surface area contributed by atoms with E-state index in [-0.39, 0.29) is 0 Å². The van der Waals surface area contributed by atoms with E-state index in [1.807, 2.05) is 20.8 Å². The smallest absolute Gasteiger partial charge is 0.134 e. The second-order valence-electron chi connectivity index (χ2n) is 5.53. The Kier molecular flexibility index (Phi) is 6.89. The maximum Gasteiger partial charge on any atom is 0.134 e. The fraction of sp³-hybridized carbons (Fsp3) is 0.750. The van der Waals surface area contributed by atoms with Crippen LogP contribution in [-0.4, -0.2) is 33.8 Å². The molecule has 1 aromatic rings. The molecule has 5 heteroatoms. The van der Waals surface area contributed by atoms with Crippen molar-refractivity contribution >= 4 is 11.6 Å². The normalized spacial score (nSPS) is 11.5. The van der Waals surface area contributed by atoms with E-state index in [4.69, 9.17) is 0 Å². The predicted molar refractivity (Wildman–Crippen MR) is 88.9 cm³/mol. The summed E-state index contributed by atoms with van der Waals surface area (Å²) in [5.74, 6) is 2.55. The number of hydrogen-bond donors (Lipinski definition) is 3. The lowest BCUT2D eigenvalue weighted by Crippen LogP contribution is -2.35. The molecule has 1 aromatic heterocycles. The third kappa shape index (κ3) is 4.84. The average molecular weight is 294 g/mol. The number of anilines is 2. The molecule has 0 aromatic carbocycles. The first-order valence-corrected chi connectivity index (χ1v) is 8.07. The largest absolute Gasteiger partial charge is 0.388 e. The Hall–Kier alpha value is -1.36. The number of hydrogen-bond acceptors (Lipinski definition) is 5. The van der Waals surface area contributed by atoms with Crippen molar-refractivity contribution in [3.63, 3.8) is 0 Å². The minimum atomic E-state index is -0.680. The van der Waals surface area contributed by atoms with E-state index in [1.165, 1.54) is 0 Å². The van der Waals surface area contributed by atoms with E-state index in [9.17, 15) is 5.11 Å². The summed E-state index contributed by atoms with van der Waals surface area (Å²) in [6, 6.07) is 0. The molecular weight excluding hydrogens is 264 g/mol. The van der Waals surface area contributed by atoms with Gasteiger partial charge in [-0.25, -0.2) is 9.97 Å². The van der Waals surface area contributed by atoms with Crippen LogP contribution in [0.5, 0.6) is 0 Å². The van der Waals surface area contributed by atoms with Crippen LogP contribution in [0.15, 0.2) is 0 Å². The number of aryl methyl sites for hydroxylation is 1. The molecule has 21 heavy (non-hydrogen) atoms. The van der Waals surface area contributed by atoms with Crippen molar-refractivity contribution in [2.75, 3.05) is 23.7 Å². The number of aliphatic hydroxyl groups is 1. The molecule has 3 N–H and O–H groups in total. The third-order valence-electron chi connectivity index (χ3n) is 3.91. The van der Waals surface area contributed by atoms with Crippen LogP contribution in [0.4, 0.5) is 11.6 Å². The average Bonchev–Trinajstić information content (AvgIpc) is 2.49. The minimum Gasteiger partial charge on any atom is -0.388 e. The first-order valence-electron chi connectivity index (χ1n) is 8.07. The molecule has 0 saturated carbocycles. The van der Waals surface area contributed by atoms with Crippen LogP contribution < -0.4 is 10.6 Å². The van der Waals surface area contributed by atoms with Crippen molar-refractivity contribution in [3.05, 3.63) is 11.4 Å². The summed E-state index contributed by atoms with van der Waals surface area (Å²) < 4.78 is 0. The molecule has 1 rings (SSSR count). The number of nitrogens with zero attached hydrogens (tertiary/aromatic N) is 2. The van der Waals surface area contributed by atoms with Crippen molar-refractivity contribution in [2.24, 2.45) is 0 Å². The maximum absolute atomic E-state index is 10.4. The zero-order valence-electron chi connectivity index (χ0n) is 14.1. The van der Waals surface area contributed by atoms with Gasteiger partial charge in [-0.05, 0) is 33.1 Å². The lowest BCUT2D eigenvalue weighted by Gasteiger charge is -2.26. The van der Waals surface area contributed by atoms with Crippen LogP contribution in [0.1, 0.15) is 58.3 Å². The van der Waals surface area contributed by atoms with Gasteiger partial charge in [-0.1, -0.05) is 20.8 Å². The number of rotatable bonds is 9. The summed E-state index contributed by atoms with van der Waals surface area (Å²) in [7, 11) is 0. The van der Waals surface area contributed by atoms with E-state index >= 15 is 0 Å². The van der Waals surface area contributed by atoms with Gasteiger partial charge in [-0.2, -0.15) is 0 Å². The molecule has 0 saturated heterocycles. The van der Waals surface area contributed by atoms with Crippen LogP contribution in [0.3, 0.4) is 0 Å². The van der Waals surface area contributed by atoms with Gasteiger partial charge in [0.05, 0.1) is 5.60 Å². The molecule has 5 nitrogen and oxygen atoms in total. The first kappa shape index (κ1) is 17.7. The van der Waals surface area contributed by atoms with Crippen molar-refractivity contribution in [2.45, 2.75) is 65.9 Å². The van der Waals surface area contributed by atoms with Gasteiger partial charge in [-0.3, -0.25) is 0 Å². The molecule has 0 unspecified atom stereocenters. The highest BCUT2D eigenvalue weighted by molar-refractivity contribution is 5.57.